The number of carbonyl (C=O) groups is 2. The number of rotatable bonds is 7. The van der Waals surface area contributed by atoms with Crippen LogP contribution in [0.3, 0.4) is 0 Å². The maximum atomic E-state index is 11.6. The molecule has 2 atom stereocenters. The van der Waals surface area contributed by atoms with Crippen LogP contribution in [0.1, 0.15) is 12.1 Å². The van der Waals surface area contributed by atoms with Gasteiger partial charge in [0.15, 0.2) is 0 Å². The molecule has 0 fully saturated rings. The van der Waals surface area contributed by atoms with Gasteiger partial charge in [-0.2, -0.15) is 0 Å². The van der Waals surface area contributed by atoms with Crippen molar-refractivity contribution in [3.8, 4) is 0 Å². The van der Waals surface area contributed by atoms with E-state index in [4.69, 9.17) is 10.8 Å². The lowest BCUT2D eigenvalue weighted by Gasteiger charge is -2.16. The van der Waals surface area contributed by atoms with Crippen LogP contribution in [0.2, 0.25) is 0 Å². The predicted octanol–water partition coefficient (Wildman–Crippen LogP) is -0.575. The first kappa shape index (κ1) is 13.9. The first-order valence-electron chi connectivity index (χ1n) is 5.41. The molecule has 0 aromatic carbocycles. The zero-order valence-corrected chi connectivity index (χ0v) is 9.80. The standard InChI is InChI=1S/C11H16N4O3/c1-2-3-8(12)10(16)15-9(11(17)18)4-7-5-13-6-14-7/h2,5-6,8-9H,1,3-4,12H2,(H,13,14)(H,15,16)(H,17,18)/t8?,9-/m0/s1. The van der Waals surface area contributed by atoms with Crippen molar-refractivity contribution in [3.05, 3.63) is 30.9 Å². The molecule has 7 nitrogen and oxygen atoms in total. The van der Waals surface area contributed by atoms with Gasteiger partial charge in [-0.15, -0.1) is 6.58 Å². The van der Waals surface area contributed by atoms with Crippen LogP contribution in [0.15, 0.2) is 25.2 Å². The molecule has 0 aliphatic carbocycles. The molecule has 0 saturated heterocycles. The van der Waals surface area contributed by atoms with Gasteiger partial charge in [0.25, 0.3) is 0 Å². The number of H-pyrrole nitrogens is 1. The van der Waals surface area contributed by atoms with Gasteiger partial charge in [-0.3, -0.25) is 4.79 Å². The monoisotopic (exact) mass is 252 g/mol. The van der Waals surface area contributed by atoms with E-state index in [-0.39, 0.29) is 6.42 Å². The van der Waals surface area contributed by atoms with E-state index < -0.39 is 24.0 Å². The van der Waals surface area contributed by atoms with Crippen molar-refractivity contribution in [2.75, 3.05) is 0 Å². The van der Waals surface area contributed by atoms with Gasteiger partial charge < -0.3 is 21.1 Å². The summed E-state index contributed by atoms with van der Waals surface area (Å²) in [7, 11) is 0. The molecule has 0 saturated carbocycles. The number of nitrogens with zero attached hydrogens (tertiary/aromatic N) is 1. The highest BCUT2D eigenvalue weighted by atomic mass is 16.4. The van der Waals surface area contributed by atoms with E-state index >= 15 is 0 Å². The summed E-state index contributed by atoms with van der Waals surface area (Å²) in [6, 6.07) is -1.82. The number of aliphatic carboxylic acids is 1. The summed E-state index contributed by atoms with van der Waals surface area (Å²) in [5.41, 5.74) is 6.18. The largest absolute Gasteiger partial charge is 0.480 e. The molecule has 0 bridgehead atoms. The van der Waals surface area contributed by atoms with Crippen LogP contribution >= 0.6 is 0 Å². The van der Waals surface area contributed by atoms with Gasteiger partial charge in [0.1, 0.15) is 6.04 Å². The number of hydrogen-bond acceptors (Lipinski definition) is 4. The van der Waals surface area contributed by atoms with Gasteiger partial charge in [-0.1, -0.05) is 6.08 Å². The number of aromatic nitrogens is 2. The molecule has 0 aliphatic heterocycles. The number of hydrogen-bond donors (Lipinski definition) is 4. The van der Waals surface area contributed by atoms with E-state index in [0.29, 0.717) is 12.1 Å². The van der Waals surface area contributed by atoms with Crippen LogP contribution in [0.5, 0.6) is 0 Å². The van der Waals surface area contributed by atoms with Gasteiger partial charge in [-0.25, -0.2) is 9.78 Å². The highest BCUT2D eigenvalue weighted by molar-refractivity contribution is 5.87. The maximum absolute atomic E-state index is 11.6. The molecule has 0 radical (unpaired) electrons. The zero-order valence-electron chi connectivity index (χ0n) is 9.80. The van der Waals surface area contributed by atoms with Crippen molar-refractivity contribution in [1.29, 1.82) is 0 Å². The molecule has 1 heterocycles. The van der Waals surface area contributed by atoms with Crippen LogP contribution in [0, 0.1) is 0 Å². The molecular weight excluding hydrogens is 236 g/mol. The number of carboxylic acid groups (broad SMARTS) is 1. The Labute approximate surface area is 104 Å². The number of carbonyl (C=O) groups excluding carboxylic acids is 1. The topological polar surface area (TPSA) is 121 Å². The number of nitrogens with one attached hydrogen (secondary N) is 2. The second-order valence-electron chi connectivity index (χ2n) is 3.81. The van der Waals surface area contributed by atoms with Gasteiger partial charge in [0, 0.05) is 18.3 Å². The van der Waals surface area contributed by atoms with Crippen molar-refractivity contribution in [3.63, 3.8) is 0 Å². The van der Waals surface area contributed by atoms with Crippen LogP contribution in [0.25, 0.3) is 0 Å². The van der Waals surface area contributed by atoms with E-state index in [0.717, 1.165) is 0 Å². The lowest BCUT2D eigenvalue weighted by Crippen LogP contribution is -2.49. The molecule has 1 unspecified atom stereocenters. The average Bonchev–Trinajstić information content (AvgIpc) is 2.81. The van der Waals surface area contributed by atoms with Crippen molar-refractivity contribution >= 4 is 11.9 Å². The summed E-state index contributed by atoms with van der Waals surface area (Å²) in [4.78, 5) is 29.2. The molecule has 7 heteroatoms. The van der Waals surface area contributed by atoms with Crippen LogP contribution in [-0.4, -0.2) is 39.0 Å². The Balaban J connectivity index is 2.60. The molecule has 1 rings (SSSR count). The highest BCUT2D eigenvalue weighted by Crippen LogP contribution is 2.00. The van der Waals surface area contributed by atoms with E-state index in [2.05, 4.69) is 21.9 Å². The Bertz CT molecular complexity index is 416. The maximum Gasteiger partial charge on any atom is 0.326 e. The zero-order chi connectivity index (χ0) is 13.5. The predicted molar refractivity (Wildman–Crippen MR) is 64.6 cm³/mol. The first-order valence-corrected chi connectivity index (χ1v) is 5.41. The van der Waals surface area contributed by atoms with E-state index in [1.165, 1.54) is 18.6 Å². The average molecular weight is 252 g/mol. The van der Waals surface area contributed by atoms with Crippen molar-refractivity contribution in [1.82, 2.24) is 15.3 Å². The fourth-order valence-corrected chi connectivity index (χ4v) is 1.38. The molecular formula is C11H16N4O3. The number of carboxylic acids is 1. The number of imidazole rings is 1. The molecule has 1 aromatic heterocycles. The van der Waals surface area contributed by atoms with Crippen LogP contribution in [-0.2, 0) is 16.0 Å². The third kappa shape index (κ3) is 4.02. The normalized spacial score (nSPS) is 13.6. The van der Waals surface area contributed by atoms with Crippen LogP contribution < -0.4 is 11.1 Å². The van der Waals surface area contributed by atoms with Gasteiger partial charge in [0.05, 0.1) is 12.4 Å². The minimum absolute atomic E-state index is 0.127. The molecule has 18 heavy (non-hydrogen) atoms. The van der Waals surface area contributed by atoms with E-state index in [1.807, 2.05) is 0 Å². The lowest BCUT2D eigenvalue weighted by atomic mass is 10.1. The number of aromatic amines is 1. The Morgan fingerprint density at radius 3 is 2.89 bits per heavy atom. The lowest BCUT2D eigenvalue weighted by molar-refractivity contribution is -0.142. The minimum Gasteiger partial charge on any atom is -0.480 e. The van der Waals surface area contributed by atoms with Gasteiger partial charge >= 0.3 is 5.97 Å². The smallest absolute Gasteiger partial charge is 0.326 e. The Hall–Kier alpha value is -2.15. The summed E-state index contributed by atoms with van der Waals surface area (Å²) in [6.45, 7) is 3.47. The van der Waals surface area contributed by atoms with Crippen molar-refractivity contribution in [2.45, 2.75) is 24.9 Å². The fraction of sp³-hybridized carbons (Fsp3) is 0.364. The molecule has 5 N–H and O–H groups in total. The Morgan fingerprint density at radius 1 is 1.67 bits per heavy atom. The molecule has 0 spiro atoms. The quantitative estimate of drug-likeness (QED) is 0.484. The SMILES string of the molecule is C=CCC(N)C(=O)N[C@@H](Cc1cnc[nH]1)C(=O)O. The van der Waals surface area contributed by atoms with Crippen LogP contribution in [0.4, 0.5) is 0 Å². The molecule has 0 aliphatic rings. The second-order valence-corrected chi connectivity index (χ2v) is 3.81. The van der Waals surface area contributed by atoms with Crippen molar-refractivity contribution in [2.24, 2.45) is 5.73 Å². The molecule has 1 aromatic rings. The van der Waals surface area contributed by atoms with E-state index in [9.17, 15) is 9.59 Å². The number of nitrogens with two attached hydrogens (primary N) is 1. The fourth-order valence-electron chi connectivity index (χ4n) is 1.38. The first-order chi connectivity index (χ1) is 8.54. The number of amides is 1. The summed E-state index contributed by atoms with van der Waals surface area (Å²) in [5.74, 6) is -1.63. The molecule has 98 valence electrons. The Kier molecular flexibility index (Phi) is 5.06. The third-order valence-electron chi connectivity index (χ3n) is 2.35. The highest BCUT2D eigenvalue weighted by Gasteiger charge is 2.23. The van der Waals surface area contributed by atoms with Gasteiger partial charge in [0.2, 0.25) is 5.91 Å². The minimum atomic E-state index is -1.12. The van der Waals surface area contributed by atoms with Crippen molar-refractivity contribution < 1.29 is 14.7 Å². The molecule has 1 amide bonds. The van der Waals surface area contributed by atoms with E-state index in [1.54, 1.807) is 0 Å². The Morgan fingerprint density at radius 2 is 2.39 bits per heavy atom. The second kappa shape index (κ2) is 6.55. The third-order valence-corrected chi connectivity index (χ3v) is 2.35. The summed E-state index contributed by atoms with van der Waals surface area (Å²) >= 11 is 0. The summed E-state index contributed by atoms with van der Waals surface area (Å²) in [6.07, 6.45) is 4.88. The summed E-state index contributed by atoms with van der Waals surface area (Å²) in [5, 5.41) is 11.4. The van der Waals surface area contributed by atoms with Gasteiger partial charge in [-0.05, 0) is 6.42 Å². The summed E-state index contributed by atoms with van der Waals surface area (Å²) < 4.78 is 0.